The number of phenols is 1. The van der Waals surface area contributed by atoms with Gasteiger partial charge in [-0.3, -0.25) is 4.57 Å². The highest BCUT2D eigenvalue weighted by Crippen LogP contribution is 2.41. The van der Waals surface area contributed by atoms with E-state index < -0.39 is 5.82 Å². The number of nitrogens with zero attached hydrogens (tertiary/aromatic N) is 4. The summed E-state index contributed by atoms with van der Waals surface area (Å²) in [6.45, 7) is 3.61. The van der Waals surface area contributed by atoms with Crippen LogP contribution >= 0.6 is 11.6 Å². The van der Waals surface area contributed by atoms with Gasteiger partial charge in [0.2, 0.25) is 0 Å². The van der Waals surface area contributed by atoms with Crippen LogP contribution in [0.1, 0.15) is 19.8 Å². The Morgan fingerprint density at radius 1 is 1.06 bits per heavy atom. The molecular formula is C27H27ClFN5O2. The Labute approximate surface area is 213 Å². The van der Waals surface area contributed by atoms with E-state index in [2.05, 4.69) is 16.8 Å². The molecule has 0 radical (unpaired) electrons. The van der Waals surface area contributed by atoms with Crippen LogP contribution < -0.4 is 16.3 Å². The van der Waals surface area contributed by atoms with Crippen LogP contribution in [-0.2, 0) is 7.05 Å². The topological polar surface area (TPSA) is 89.3 Å². The van der Waals surface area contributed by atoms with E-state index in [4.69, 9.17) is 17.3 Å². The minimum absolute atomic E-state index is 0.0672. The Morgan fingerprint density at radius 2 is 1.72 bits per heavy atom. The number of hydrogen-bond acceptors (Lipinski definition) is 5. The number of phenolic OH excluding ortho intramolecular Hbond substituents is 1. The highest BCUT2D eigenvalue weighted by Gasteiger charge is 2.26. The molecule has 3 heterocycles. The van der Waals surface area contributed by atoms with Crippen molar-refractivity contribution in [3.05, 3.63) is 82.4 Å². The van der Waals surface area contributed by atoms with Gasteiger partial charge < -0.3 is 20.3 Å². The standard InChI is InChI=1S/C27H27ClFN5O2/c1-27(30)6-9-33(10-7-27)24-14-18(5-8-31-24)21-16-19(29)15-20(25(21)35)17-3-4-23(22(28)13-17)34-12-11-32(2)26(34)36/h3-5,8,11-16,35H,6-7,9-10,30H2,1-2H3. The van der Waals surface area contributed by atoms with Gasteiger partial charge in [0.25, 0.3) is 0 Å². The van der Waals surface area contributed by atoms with Crippen LogP contribution in [0.3, 0.4) is 0 Å². The van der Waals surface area contributed by atoms with Crippen LogP contribution in [0.25, 0.3) is 27.9 Å². The molecule has 2 aromatic heterocycles. The van der Waals surface area contributed by atoms with Gasteiger partial charge in [0.1, 0.15) is 17.4 Å². The number of rotatable bonds is 4. The number of pyridine rings is 1. The SMILES string of the molecule is Cn1ccn(-c2ccc(-c3cc(F)cc(-c4ccnc(N5CCC(C)(N)CC5)c4)c3O)cc2Cl)c1=O. The molecule has 2 aromatic carbocycles. The maximum Gasteiger partial charge on any atom is 0.332 e. The maximum absolute atomic E-state index is 14.8. The van der Waals surface area contributed by atoms with E-state index in [1.165, 1.54) is 21.3 Å². The van der Waals surface area contributed by atoms with E-state index in [0.717, 1.165) is 31.7 Å². The molecule has 1 saturated heterocycles. The number of benzene rings is 2. The molecule has 4 aromatic rings. The predicted molar refractivity (Wildman–Crippen MR) is 140 cm³/mol. The average molecular weight is 508 g/mol. The minimum atomic E-state index is -0.493. The van der Waals surface area contributed by atoms with Gasteiger partial charge in [-0.25, -0.2) is 14.2 Å². The minimum Gasteiger partial charge on any atom is -0.507 e. The fraction of sp³-hybridized carbons (Fsp3) is 0.259. The fourth-order valence-electron chi connectivity index (χ4n) is 4.56. The third-order valence-electron chi connectivity index (χ3n) is 6.83. The Balaban J connectivity index is 1.51. The van der Waals surface area contributed by atoms with Crippen LogP contribution in [0, 0.1) is 5.82 Å². The number of nitrogens with two attached hydrogens (primary N) is 1. The van der Waals surface area contributed by atoms with E-state index in [-0.39, 0.29) is 17.0 Å². The summed E-state index contributed by atoms with van der Waals surface area (Å²) in [7, 11) is 1.65. The average Bonchev–Trinajstić information content (AvgIpc) is 3.18. The molecule has 1 fully saturated rings. The first kappa shape index (κ1) is 24.1. The maximum atomic E-state index is 14.8. The third kappa shape index (κ3) is 4.50. The van der Waals surface area contributed by atoms with Crippen molar-refractivity contribution < 1.29 is 9.50 Å². The molecule has 0 atom stereocenters. The van der Waals surface area contributed by atoms with Crippen molar-refractivity contribution in [1.29, 1.82) is 0 Å². The Bertz CT molecular complexity index is 1500. The van der Waals surface area contributed by atoms with Crippen molar-refractivity contribution in [2.24, 2.45) is 12.8 Å². The number of halogens is 2. The summed E-state index contributed by atoms with van der Waals surface area (Å²) in [6, 6.07) is 11.2. The molecule has 186 valence electrons. The summed E-state index contributed by atoms with van der Waals surface area (Å²) >= 11 is 6.50. The summed E-state index contributed by atoms with van der Waals surface area (Å²) < 4.78 is 17.7. The van der Waals surface area contributed by atoms with Crippen molar-refractivity contribution >= 4 is 17.4 Å². The molecule has 0 amide bonds. The zero-order valence-electron chi connectivity index (χ0n) is 20.1. The number of piperidine rings is 1. The lowest BCUT2D eigenvalue weighted by Crippen LogP contribution is -2.48. The van der Waals surface area contributed by atoms with Gasteiger partial charge in [0, 0.05) is 55.4 Å². The number of aryl methyl sites for hydroxylation is 1. The molecule has 3 N–H and O–H groups in total. The molecule has 0 unspecified atom stereocenters. The molecule has 0 saturated carbocycles. The fourth-order valence-corrected chi connectivity index (χ4v) is 4.83. The highest BCUT2D eigenvalue weighted by atomic mass is 35.5. The van der Waals surface area contributed by atoms with Crippen molar-refractivity contribution in [3.63, 3.8) is 0 Å². The lowest BCUT2D eigenvalue weighted by molar-refractivity contribution is 0.363. The second-order valence-corrected chi connectivity index (χ2v) is 10.0. The van der Waals surface area contributed by atoms with Gasteiger partial charge in [-0.1, -0.05) is 17.7 Å². The number of aromatic nitrogens is 3. The second-order valence-electron chi connectivity index (χ2n) is 9.62. The van der Waals surface area contributed by atoms with E-state index in [1.54, 1.807) is 49.9 Å². The summed E-state index contributed by atoms with van der Waals surface area (Å²) in [6.07, 6.45) is 6.62. The van der Waals surface area contributed by atoms with E-state index in [0.29, 0.717) is 33.0 Å². The first-order valence-corrected chi connectivity index (χ1v) is 12.1. The highest BCUT2D eigenvalue weighted by molar-refractivity contribution is 6.32. The van der Waals surface area contributed by atoms with Crippen LogP contribution in [-0.4, -0.2) is 37.9 Å². The number of imidazole rings is 1. The monoisotopic (exact) mass is 507 g/mol. The molecule has 1 aliphatic rings. The van der Waals surface area contributed by atoms with Crippen molar-refractivity contribution in [3.8, 4) is 33.7 Å². The van der Waals surface area contributed by atoms with Crippen molar-refractivity contribution in [1.82, 2.24) is 14.1 Å². The molecule has 0 spiro atoms. The van der Waals surface area contributed by atoms with Gasteiger partial charge in [-0.05, 0) is 67.3 Å². The van der Waals surface area contributed by atoms with Crippen molar-refractivity contribution in [2.45, 2.75) is 25.3 Å². The summed E-state index contributed by atoms with van der Waals surface area (Å²) in [5, 5.41) is 11.5. The lowest BCUT2D eigenvalue weighted by Gasteiger charge is -2.37. The van der Waals surface area contributed by atoms with Gasteiger partial charge in [-0.15, -0.1) is 0 Å². The van der Waals surface area contributed by atoms with Crippen LogP contribution in [0.5, 0.6) is 5.75 Å². The zero-order valence-corrected chi connectivity index (χ0v) is 20.8. The third-order valence-corrected chi connectivity index (χ3v) is 7.13. The molecule has 36 heavy (non-hydrogen) atoms. The molecule has 7 nitrogen and oxygen atoms in total. The van der Waals surface area contributed by atoms with Crippen LogP contribution in [0.4, 0.5) is 10.2 Å². The quantitative estimate of drug-likeness (QED) is 0.417. The zero-order chi connectivity index (χ0) is 25.6. The van der Waals surface area contributed by atoms with Gasteiger partial charge in [0.15, 0.2) is 0 Å². The van der Waals surface area contributed by atoms with Gasteiger partial charge in [-0.2, -0.15) is 0 Å². The summed E-state index contributed by atoms with van der Waals surface area (Å²) in [5.74, 6) is 0.198. The van der Waals surface area contributed by atoms with Crippen LogP contribution in [0.15, 0.2) is 65.8 Å². The first-order valence-electron chi connectivity index (χ1n) is 11.7. The number of hydrogen-bond donors (Lipinski definition) is 2. The van der Waals surface area contributed by atoms with Gasteiger partial charge >= 0.3 is 5.69 Å². The Hall–Kier alpha value is -3.62. The lowest BCUT2D eigenvalue weighted by atomic mass is 9.91. The first-order chi connectivity index (χ1) is 17.1. The second kappa shape index (κ2) is 9.11. The largest absolute Gasteiger partial charge is 0.507 e. The molecule has 0 bridgehead atoms. The van der Waals surface area contributed by atoms with Crippen LogP contribution in [0.2, 0.25) is 5.02 Å². The molecular weight excluding hydrogens is 481 g/mol. The number of aromatic hydroxyl groups is 1. The van der Waals surface area contributed by atoms with E-state index in [9.17, 15) is 14.3 Å². The van der Waals surface area contributed by atoms with E-state index in [1.807, 2.05) is 6.07 Å². The van der Waals surface area contributed by atoms with Gasteiger partial charge in [0.05, 0.1) is 10.7 Å². The Morgan fingerprint density at radius 3 is 2.33 bits per heavy atom. The normalized spacial score (nSPS) is 15.3. The molecule has 1 aliphatic heterocycles. The van der Waals surface area contributed by atoms with E-state index >= 15 is 0 Å². The summed E-state index contributed by atoms with van der Waals surface area (Å²) in [4.78, 5) is 19.0. The molecule has 0 aliphatic carbocycles. The number of anilines is 1. The predicted octanol–water partition coefficient (Wildman–Crippen LogP) is 4.72. The summed E-state index contributed by atoms with van der Waals surface area (Å²) in [5.41, 5.74) is 8.17. The van der Waals surface area contributed by atoms with Crippen molar-refractivity contribution in [2.75, 3.05) is 18.0 Å². The molecule has 5 rings (SSSR count). The Kier molecular flexibility index (Phi) is 6.10. The molecule has 9 heteroatoms. The smallest absolute Gasteiger partial charge is 0.332 e.